The molecule has 7 heteroatoms. The maximum atomic E-state index is 10.8. The smallest absolute Gasteiger partial charge is 0.328 e. The van der Waals surface area contributed by atoms with Gasteiger partial charge in [0.2, 0.25) is 0 Å². The van der Waals surface area contributed by atoms with E-state index in [1.165, 1.54) is 6.92 Å². The average molecular weight is 230 g/mol. The molecule has 0 unspecified atom stereocenters. The highest BCUT2D eigenvalue weighted by Crippen LogP contribution is 2.02. The molecule has 0 saturated heterocycles. The number of alkyl halides is 2. The number of carbonyl (C=O) groups is 2. The highest BCUT2D eigenvalue weighted by molar-refractivity contribution is 6.53. The van der Waals surface area contributed by atoms with Gasteiger partial charge in [0.05, 0.1) is 6.10 Å². The zero-order valence-electron chi connectivity index (χ0n) is 6.70. The van der Waals surface area contributed by atoms with E-state index in [0.29, 0.717) is 0 Å². The molecule has 0 rings (SSSR count). The third-order valence-corrected chi connectivity index (χ3v) is 1.64. The first-order valence-corrected chi connectivity index (χ1v) is 4.23. The zero-order chi connectivity index (χ0) is 10.6. The molecular formula is C6H9Cl2NO4. The van der Waals surface area contributed by atoms with Gasteiger partial charge < -0.3 is 15.5 Å². The Balaban J connectivity index is 4.27. The molecule has 0 fully saturated rings. The second kappa shape index (κ2) is 5.26. The molecular weight excluding hydrogens is 221 g/mol. The van der Waals surface area contributed by atoms with Gasteiger partial charge in [0.15, 0.2) is 10.9 Å². The molecule has 2 atom stereocenters. The third-order valence-electron chi connectivity index (χ3n) is 1.24. The van der Waals surface area contributed by atoms with Crippen LogP contribution in [0.2, 0.25) is 0 Å². The van der Waals surface area contributed by atoms with Crippen molar-refractivity contribution < 1.29 is 19.8 Å². The lowest BCUT2D eigenvalue weighted by molar-refractivity contribution is -0.144. The van der Waals surface area contributed by atoms with Crippen molar-refractivity contribution in [3.63, 3.8) is 0 Å². The van der Waals surface area contributed by atoms with Gasteiger partial charge in [0, 0.05) is 0 Å². The topological polar surface area (TPSA) is 86.6 Å². The number of aliphatic carboxylic acids is 1. The summed E-state index contributed by atoms with van der Waals surface area (Å²) in [5.74, 6) is -2.20. The van der Waals surface area contributed by atoms with Crippen LogP contribution in [0.15, 0.2) is 0 Å². The van der Waals surface area contributed by atoms with Gasteiger partial charge in [-0.05, 0) is 6.92 Å². The number of halogens is 2. The van der Waals surface area contributed by atoms with Gasteiger partial charge in [-0.1, -0.05) is 23.2 Å². The molecule has 3 N–H and O–H groups in total. The number of aliphatic hydroxyl groups is 1. The quantitative estimate of drug-likeness (QED) is 0.580. The summed E-state index contributed by atoms with van der Waals surface area (Å²) < 4.78 is 0. The number of hydrogen-bond acceptors (Lipinski definition) is 3. The Kier molecular flexibility index (Phi) is 5.05. The Labute approximate surface area is 84.6 Å². The number of rotatable bonds is 4. The maximum Gasteiger partial charge on any atom is 0.328 e. The summed E-state index contributed by atoms with van der Waals surface area (Å²) >= 11 is 10.3. The van der Waals surface area contributed by atoms with E-state index in [2.05, 4.69) is 0 Å². The predicted octanol–water partition coefficient (Wildman–Crippen LogP) is -0.260. The minimum atomic E-state index is -1.40. The van der Waals surface area contributed by atoms with Crippen molar-refractivity contribution in [3.05, 3.63) is 0 Å². The summed E-state index contributed by atoms with van der Waals surface area (Å²) in [6, 6.07) is -1.40. The summed E-state index contributed by atoms with van der Waals surface area (Å²) in [4.78, 5) is 19.9. The van der Waals surface area contributed by atoms with E-state index in [0.717, 1.165) is 0 Å². The molecule has 0 bridgehead atoms. The molecule has 13 heavy (non-hydrogen) atoms. The standard InChI is InChI=1S/C6H9Cl2NO4/c1-2(10)3(6(12)13)9-5(11)4(7)8/h2-4,10H,1H3,(H,9,11)(H,12,13)/t2-,3+/m1/s1. The average Bonchev–Trinajstić information content (AvgIpc) is 1.97. The molecule has 0 spiro atoms. The minimum Gasteiger partial charge on any atom is -0.480 e. The molecule has 76 valence electrons. The normalized spacial score (nSPS) is 15.2. The predicted molar refractivity (Wildman–Crippen MR) is 46.7 cm³/mol. The molecule has 0 aliphatic carbocycles. The van der Waals surface area contributed by atoms with Gasteiger partial charge >= 0.3 is 5.97 Å². The number of aliphatic hydroxyl groups excluding tert-OH is 1. The number of amides is 1. The van der Waals surface area contributed by atoms with Crippen LogP contribution >= 0.6 is 23.2 Å². The Hall–Kier alpha value is -0.520. The lowest BCUT2D eigenvalue weighted by Gasteiger charge is -2.16. The fourth-order valence-corrected chi connectivity index (χ4v) is 0.731. The van der Waals surface area contributed by atoms with Gasteiger partial charge in [0.25, 0.3) is 5.91 Å². The first kappa shape index (κ1) is 12.5. The minimum absolute atomic E-state index is 0.850. The van der Waals surface area contributed by atoms with E-state index in [1.54, 1.807) is 0 Å². The lowest BCUT2D eigenvalue weighted by Crippen LogP contribution is -2.49. The Bertz CT molecular complexity index is 207. The fourth-order valence-electron chi connectivity index (χ4n) is 0.605. The molecule has 0 heterocycles. The van der Waals surface area contributed by atoms with Crippen molar-refractivity contribution in [2.75, 3.05) is 0 Å². The number of hydrogen-bond donors (Lipinski definition) is 3. The molecule has 0 saturated carbocycles. The first-order valence-electron chi connectivity index (χ1n) is 3.35. The van der Waals surface area contributed by atoms with Gasteiger partial charge in [-0.25, -0.2) is 4.79 Å². The van der Waals surface area contributed by atoms with Crippen molar-refractivity contribution in [1.82, 2.24) is 5.32 Å². The maximum absolute atomic E-state index is 10.8. The highest BCUT2D eigenvalue weighted by atomic mass is 35.5. The number of carboxylic acids is 1. The van der Waals surface area contributed by atoms with Gasteiger partial charge in [0.1, 0.15) is 0 Å². The van der Waals surface area contributed by atoms with Crippen LogP contribution < -0.4 is 5.32 Å². The molecule has 0 aromatic heterocycles. The SMILES string of the molecule is C[C@@H](O)[C@H](NC(=O)C(Cl)Cl)C(=O)O. The van der Waals surface area contributed by atoms with Crippen LogP contribution in [0.4, 0.5) is 0 Å². The second-order valence-electron chi connectivity index (χ2n) is 2.37. The molecule has 0 aliphatic heterocycles. The van der Waals surface area contributed by atoms with E-state index in [1.807, 2.05) is 5.32 Å². The highest BCUT2D eigenvalue weighted by Gasteiger charge is 2.26. The molecule has 1 amide bonds. The second-order valence-corrected chi connectivity index (χ2v) is 3.46. The van der Waals surface area contributed by atoms with Crippen molar-refractivity contribution in [1.29, 1.82) is 0 Å². The molecule has 0 radical (unpaired) electrons. The van der Waals surface area contributed by atoms with Crippen LogP contribution in [0, 0.1) is 0 Å². The van der Waals surface area contributed by atoms with Crippen LogP contribution in [-0.4, -0.2) is 39.1 Å². The molecule has 0 aromatic rings. The summed E-state index contributed by atoms with van der Waals surface area (Å²) in [6.07, 6.45) is -1.21. The Morgan fingerprint density at radius 1 is 1.38 bits per heavy atom. The van der Waals surface area contributed by atoms with Crippen molar-refractivity contribution in [2.24, 2.45) is 0 Å². The van der Waals surface area contributed by atoms with E-state index < -0.39 is 28.9 Å². The Morgan fingerprint density at radius 2 is 1.85 bits per heavy atom. The van der Waals surface area contributed by atoms with Crippen LogP contribution in [0.25, 0.3) is 0 Å². The third kappa shape index (κ3) is 4.31. The Morgan fingerprint density at radius 3 is 2.08 bits per heavy atom. The van der Waals surface area contributed by atoms with Crippen LogP contribution in [0.5, 0.6) is 0 Å². The van der Waals surface area contributed by atoms with E-state index in [-0.39, 0.29) is 0 Å². The summed E-state index contributed by atoms with van der Waals surface area (Å²) in [7, 11) is 0. The first-order chi connectivity index (χ1) is 5.86. The molecule has 0 aliphatic rings. The summed E-state index contributed by atoms with van der Waals surface area (Å²) in [5, 5.41) is 19.4. The monoisotopic (exact) mass is 229 g/mol. The largest absolute Gasteiger partial charge is 0.480 e. The van der Waals surface area contributed by atoms with Crippen LogP contribution in [0.3, 0.4) is 0 Å². The van der Waals surface area contributed by atoms with Crippen molar-refractivity contribution >= 4 is 35.1 Å². The zero-order valence-corrected chi connectivity index (χ0v) is 8.21. The van der Waals surface area contributed by atoms with E-state index in [4.69, 9.17) is 33.4 Å². The van der Waals surface area contributed by atoms with E-state index in [9.17, 15) is 9.59 Å². The summed E-state index contributed by atoms with van der Waals surface area (Å²) in [5.41, 5.74) is 0. The van der Waals surface area contributed by atoms with Crippen molar-refractivity contribution in [2.45, 2.75) is 23.9 Å². The van der Waals surface area contributed by atoms with Crippen LogP contribution in [0.1, 0.15) is 6.92 Å². The van der Waals surface area contributed by atoms with Gasteiger partial charge in [-0.2, -0.15) is 0 Å². The molecule has 5 nitrogen and oxygen atoms in total. The van der Waals surface area contributed by atoms with E-state index >= 15 is 0 Å². The summed E-state index contributed by atoms with van der Waals surface area (Å²) in [6.45, 7) is 1.23. The lowest BCUT2D eigenvalue weighted by atomic mass is 10.2. The van der Waals surface area contributed by atoms with Crippen LogP contribution in [-0.2, 0) is 9.59 Å². The number of nitrogens with one attached hydrogen (secondary N) is 1. The fraction of sp³-hybridized carbons (Fsp3) is 0.667. The number of carboxylic acid groups (broad SMARTS) is 1. The van der Waals surface area contributed by atoms with Crippen molar-refractivity contribution in [3.8, 4) is 0 Å². The molecule has 0 aromatic carbocycles. The van der Waals surface area contributed by atoms with Gasteiger partial charge in [-0.15, -0.1) is 0 Å². The van der Waals surface area contributed by atoms with Gasteiger partial charge in [-0.3, -0.25) is 4.79 Å². The number of carbonyl (C=O) groups excluding carboxylic acids is 1.